The van der Waals surface area contributed by atoms with E-state index in [0.717, 1.165) is 22.9 Å². The number of amides is 1. The Morgan fingerprint density at radius 2 is 1.70 bits per heavy atom. The zero-order valence-corrected chi connectivity index (χ0v) is 13.1. The Morgan fingerprint density at radius 3 is 2.43 bits per heavy atom. The fourth-order valence-electron chi connectivity index (χ4n) is 2.43. The fraction of sp³-hybridized carbons (Fsp3) is 0.150. The number of aryl methyl sites for hydroxylation is 1. The van der Waals surface area contributed by atoms with E-state index in [4.69, 9.17) is 4.74 Å². The summed E-state index contributed by atoms with van der Waals surface area (Å²) in [5.41, 5.74) is 2.03. The molecule has 0 radical (unpaired) electrons. The van der Waals surface area contributed by atoms with E-state index in [1.807, 2.05) is 66.7 Å². The van der Waals surface area contributed by atoms with Gasteiger partial charge in [-0.25, -0.2) is 0 Å². The van der Waals surface area contributed by atoms with Crippen molar-refractivity contribution in [1.29, 1.82) is 0 Å². The summed E-state index contributed by atoms with van der Waals surface area (Å²) < 4.78 is 5.58. The second-order valence-corrected chi connectivity index (χ2v) is 5.40. The van der Waals surface area contributed by atoms with Gasteiger partial charge >= 0.3 is 0 Å². The minimum absolute atomic E-state index is 0.00608. The molecule has 3 rings (SSSR count). The standard InChI is InChI=1S/C20H19NO2/c1-2-15-7-10-18(11-8-15)21-20(22)14-23-19-12-9-16-5-3-4-6-17(16)13-19/h3-13H,2,14H2,1H3,(H,21,22). The molecule has 0 fully saturated rings. The summed E-state index contributed by atoms with van der Waals surface area (Å²) in [4.78, 5) is 12.0. The number of hydrogen-bond acceptors (Lipinski definition) is 2. The number of hydrogen-bond donors (Lipinski definition) is 1. The van der Waals surface area contributed by atoms with Crippen molar-refractivity contribution in [1.82, 2.24) is 0 Å². The molecule has 0 aromatic heterocycles. The smallest absolute Gasteiger partial charge is 0.262 e. The van der Waals surface area contributed by atoms with E-state index >= 15 is 0 Å². The van der Waals surface area contributed by atoms with Crippen LogP contribution in [0.1, 0.15) is 12.5 Å². The third-order valence-electron chi connectivity index (χ3n) is 3.74. The van der Waals surface area contributed by atoms with Crippen LogP contribution in [0.3, 0.4) is 0 Å². The summed E-state index contributed by atoms with van der Waals surface area (Å²) in [6.07, 6.45) is 0.985. The Balaban J connectivity index is 1.58. The van der Waals surface area contributed by atoms with Crippen LogP contribution in [-0.2, 0) is 11.2 Å². The minimum Gasteiger partial charge on any atom is -0.484 e. The molecule has 0 aliphatic heterocycles. The first kappa shape index (κ1) is 15.1. The molecule has 3 aromatic rings. The van der Waals surface area contributed by atoms with Crippen LogP contribution in [0.5, 0.6) is 5.75 Å². The molecule has 1 amide bonds. The van der Waals surface area contributed by atoms with Crippen molar-refractivity contribution in [3.05, 3.63) is 72.3 Å². The molecular weight excluding hydrogens is 286 g/mol. The van der Waals surface area contributed by atoms with Gasteiger partial charge in [0.25, 0.3) is 5.91 Å². The van der Waals surface area contributed by atoms with Crippen molar-refractivity contribution >= 4 is 22.4 Å². The lowest BCUT2D eigenvalue weighted by molar-refractivity contribution is -0.118. The third kappa shape index (κ3) is 3.89. The van der Waals surface area contributed by atoms with Gasteiger partial charge in [0.1, 0.15) is 5.75 Å². The van der Waals surface area contributed by atoms with Crippen LogP contribution in [-0.4, -0.2) is 12.5 Å². The first-order chi connectivity index (χ1) is 11.2. The largest absolute Gasteiger partial charge is 0.484 e. The Morgan fingerprint density at radius 1 is 0.957 bits per heavy atom. The number of ether oxygens (including phenoxy) is 1. The van der Waals surface area contributed by atoms with Gasteiger partial charge in [0.15, 0.2) is 6.61 Å². The summed E-state index contributed by atoms with van der Waals surface area (Å²) >= 11 is 0. The van der Waals surface area contributed by atoms with Gasteiger partial charge in [-0.3, -0.25) is 4.79 Å². The molecule has 3 heteroatoms. The SMILES string of the molecule is CCc1ccc(NC(=O)COc2ccc3ccccc3c2)cc1. The highest BCUT2D eigenvalue weighted by Gasteiger charge is 2.04. The molecule has 0 atom stereocenters. The van der Waals surface area contributed by atoms with Crippen molar-refractivity contribution in [2.24, 2.45) is 0 Å². The summed E-state index contributed by atoms with van der Waals surface area (Å²) in [7, 11) is 0. The van der Waals surface area contributed by atoms with Gasteiger partial charge in [0.05, 0.1) is 0 Å². The van der Waals surface area contributed by atoms with Crippen LogP contribution in [0.2, 0.25) is 0 Å². The summed E-state index contributed by atoms with van der Waals surface area (Å²) in [5.74, 6) is 0.530. The summed E-state index contributed by atoms with van der Waals surface area (Å²) in [6.45, 7) is 2.10. The average Bonchev–Trinajstić information content (AvgIpc) is 2.60. The zero-order chi connectivity index (χ0) is 16.1. The van der Waals surface area contributed by atoms with Gasteiger partial charge in [0, 0.05) is 5.69 Å². The van der Waals surface area contributed by atoms with E-state index in [0.29, 0.717) is 5.75 Å². The summed E-state index contributed by atoms with van der Waals surface area (Å²) in [5, 5.41) is 5.09. The number of nitrogens with one attached hydrogen (secondary N) is 1. The molecule has 0 aliphatic rings. The third-order valence-corrected chi connectivity index (χ3v) is 3.74. The Bertz CT molecular complexity index is 809. The number of benzene rings is 3. The molecule has 0 spiro atoms. The molecule has 116 valence electrons. The molecule has 3 nitrogen and oxygen atoms in total. The molecule has 0 aliphatic carbocycles. The van der Waals surface area contributed by atoms with Crippen LogP contribution in [0, 0.1) is 0 Å². The first-order valence-corrected chi connectivity index (χ1v) is 7.75. The predicted octanol–water partition coefficient (Wildman–Crippen LogP) is 4.42. The zero-order valence-electron chi connectivity index (χ0n) is 13.1. The minimum atomic E-state index is -0.164. The van der Waals surface area contributed by atoms with Crippen molar-refractivity contribution in [3.63, 3.8) is 0 Å². The predicted molar refractivity (Wildman–Crippen MR) is 93.9 cm³/mol. The maximum Gasteiger partial charge on any atom is 0.262 e. The van der Waals surface area contributed by atoms with E-state index in [2.05, 4.69) is 12.2 Å². The normalized spacial score (nSPS) is 10.5. The molecule has 1 N–H and O–H groups in total. The van der Waals surface area contributed by atoms with Crippen molar-refractivity contribution in [3.8, 4) is 5.75 Å². The van der Waals surface area contributed by atoms with Gasteiger partial charge in [-0.1, -0.05) is 49.4 Å². The molecular formula is C20H19NO2. The first-order valence-electron chi connectivity index (χ1n) is 7.75. The number of anilines is 1. The molecule has 23 heavy (non-hydrogen) atoms. The topological polar surface area (TPSA) is 38.3 Å². The van der Waals surface area contributed by atoms with Crippen LogP contribution in [0.15, 0.2) is 66.7 Å². The fourth-order valence-corrected chi connectivity index (χ4v) is 2.43. The van der Waals surface area contributed by atoms with Crippen molar-refractivity contribution in [2.45, 2.75) is 13.3 Å². The highest BCUT2D eigenvalue weighted by atomic mass is 16.5. The van der Waals surface area contributed by atoms with E-state index in [1.54, 1.807) is 0 Å². The average molecular weight is 305 g/mol. The second kappa shape index (κ2) is 6.97. The van der Waals surface area contributed by atoms with Gasteiger partial charge < -0.3 is 10.1 Å². The highest BCUT2D eigenvalue weighted by molar-refractivity contribution is 5.92. The highest BCUT2D eigenvalue weighted by Crippen LogP contribution is 2.20. The monoisotopic (exact) mass is 305 g/mol. The van der Waals surface area contributed by atoms with E-state index in [9.17, 15) is 4.79 Å². The van der Waals surface area contributed by atoms with Crippen LogP contribution >= 0.6 is 0 Å². The maximum absolute atomic E-state index is 12.0. The number of fused-ring (bicyclic) bond motifs is 1. The number of carbonyl (C=O) groups excluding carboxylic acids is 1. The van der Waals surface area contributed by atoms with Gasteiger partial charge in [0.2, 0.25) is 0 Å². The lowest BCUT2D eigenvalue weighted by Gasteiger charge is -2.09. The van der Waals surface area contributed by atoms with Crippen molar-refractivity contribution in [2.75, 3.05) is 11.9 Å². The van der Waals surface area contributed by atoms with Crippen LogP contribution < -0.4 is 10.1 Å². The van der Waals surface area contributed by atoms with Gasteiger partial charge in [-0.15, -0.1) is 0 Å². The van der Waals surface area contributed by atoms with Crippen molar-refractivity contribution < 1.29 is 9.53 Å². The Hall–Kier alpha value is -2.81. The molecule has 3 aromatic carbocycles. The van der Waals surface area contributed by atoms with Crippen LogP contribution in [0.4, 0.5) is 5.69 Å². The summed E-state index contributed by atoms with van der Waals surface area (Å²) in [6, 6.07) is 21.7. The lowest BCUT2D eigenvalue weighted by Crippen LogP contribution is -2.20. The number of carbonyl (C=O) groups is 1. The Kier molecular flexibility index (Phi) is 4.57. The van der Waals surface area contributed by atoms with Crippen LogP contribution in [0.25, 0.3) is 10.8 Å². The molecule has 0 unspecified atom stereocenters. The molecule has 0 bridgehead atoms. The molecule has 0 saturated heterocycles. The van der Waals surface area contributed by atoms with Gasteiger partial charge in [-0.2, -0.15) is 0 Å². The van der Waals surface area contributed by atoms with E-state index in [-0.39, 0.29) is 12.5 Å². The lowest BCUT2D eigenvalue weighted by atomic mass is 10.1. The maximum atomic E-state index is 12.0. The van der Waals surface area contributed by atoms with E-state index in [1.165, 1.54) is 5.56 Å². The van der Waals surface area contributed by atoms with Gasteiger partial charge in [-0.05, 0) is 47.0 Å². The van der Waals surface area contributed by atoms with E-state index < -0.39 is 0 Å². The molecule has 0 heterocycles. The number of rotatable bonds is 5. The quantitative estimate of drug-likeness (QED) is 0.758. The second-order valence-electron chi connectivity index (χ2n) is 5.40. The Labute approximate surface area is 135 Å². The molecule has 0 saturated carbocycles.